The first-order valence-corrected chi connectivity index (χ1v) is 5.00. The van der Waals surface area contributed by atoms with Gasteiger partial charge >= 0.3 is 0 Å². The first kappa shape index (κ1) is 10.7. The van der Waals surface area contributed by atoms with Gasteiger partial charge in [0.15, 0.2) is 5.13 Å². The predicted octanol–water partition coefficient (Wildman–Crippen LogP) is 1.08. The molecule has 0 saturated heterocycles. The summed E-state index contributed by atoms with van der Waals surface area (Å²) in [6.45, 7) is 1.76. The number of nitrogens with zero attached hydrogens (tertiary/aromatic N) is 1. The van der Waals surface area contributed by atoms with E-state index in [1.165, 1.54) is 11.3 Å². The van der Waals surface area contributed by atoms with Gasteiger partial charge in [-0.1, -0.05) is 22.9 Å². The molecule has 1 aromatic rings. The number of aliphatic hydroxyl groups excluding tert-OH is 2. The molecule has 74 valence electrons. The van der Waals surface area contributed by atoms with Crippen molar-refractivity contribution in [2.24, 2.45) is 0 Å². The van der Waals surface area contributed by atoms with E-state index in [1.54, 1.807) is 0 Å². The molecule has 0 bridgehead atoms. The number of hydrogen-bond donors (Lipinski definition) is 3. The van der Waals surface area contributed by atoms with Gasteiger partial charge in [-0.3, -0.25) is 0 Å². The molecule has 0 aromatic carbocycles. The van der Waals surface area contributed by atoms with Gasteiger partial charge in [0, 0.05) is 6.04 Å². The van der Waals surface area contributed by atoms with E-state index < -0.39 is 0 Å². The van der Waals surface area contributed by atoms with Crippen LogP contribution in [0.15, 0.2) is 0 Å². The number of aromatic nitrogens is 1. The second-order valence-corrected chi connectivity index (χ2v) is 4.06. The molecule has 0 saturated carbocycles. The molecule has 13 heavy (non-hydrogen) atoms. The van der Waals surface area contributed by atoms with Crippen LogP contribution in [0, 0.1) is 0 Å². The number of nitrogens with one attached hydrogen (secondary N) is 1. The summed E-state index contributed by atoms with van der Waals surface area (Å²) in [6, 6.07) is -0.0613. The maximum absolute atomic E-state index is 8.83. The normalized spacial score (nSPS) is 12.9. The molecule has 0 unspecified atom stereocenters. The fraction of sp³-hybridized carbons (Fsp3) is 0.571. The molecule has 0 aliphatic carbocycles. The number of halogens is 1. The van der Waals surface area contributed by atoms with Gasteiger partial charge < -0.3 is 15.5 Å². The molecule has 0 spiro atoms. The zero-order chi connectivity index (χ0) is 9.84. The van der Waals surface area contributed by atoms with Crippen LogP contribution >= 0.6 is 22.9 Å². The summed E-state index contributed by atoms with van der Waals surface area (Å²) in [5.74, 6) is 0. The second-order valence-electron chi connectivity index (χ2n) is 2.62. The van der Waals surface area contributed by atoms with Gasteiger partial charge in [0.1, 0.15) is 5.15 Å². The van der Waals surface area contributed by atoms with Gasteiger partial charge in [0.2, 0.25) is 0 Å². The average Bonchev–Trinajstić information content (AvgIpc) is 2.46. The van der Waals surface area contributed by atoms with E-state index in [1.807, 2.05) is 6.92 Å². The molecule has 0 aliphatic heterocycles. The Kier molecular flexibility index (Phi) is 3.92. The lowest BCUT2D eigenvalue weighted by Gasteiger charge is -2.07. The van der Waals surface area contributed by atoms with Crippen LogP contribution in [0.1, 0.15) is 11.8 Å². The van der Waals surface area contributed by atoms with E-state index in [0.29, 0.717) is 15.2 Å². The van der Waals surface area contributed by atoms with Crippen LogP contribution in [0.3, 0.4) is 0 Å². The van der Waals surface area contributed by atoms with Crippen molar-refractivity contribution < 1.29 is 10.2 Å². The van der Waals surface area contributed by atoms with Crippen LogP contribution < -0.4 is 5.32 Å². The van der Waals surface area contributed by atoms with E-state index >= 15 is 0 Å². The fourth-order valence-electron chi connectivity index (χ4n) is 0.749. The molecular formula is C7H11ClN2O2S. The maximum atomic E-state index is 8.83. The van der Waals surface area contributed by atoms with E-state index in [9.17, 15) is 0 Å². The largest absolute Gasteiger partial charge is 0.394 e. The van der Waals surface area contributed by atoms with Crippen molar-refractivity contribution in [3.63, 3.8) is 0 Å². The minimum absolute atomic E-state index is 0.0334. The third-order valence-electron chi connectivity index (χ3n) is 1.44. The Morgan fingerprint density at radius 3 is 2.77 bits per heavy atom. The molecule has 6 heteroatoms. The number of rotatable bonds is 4. The molecule has 1 aromatic heterocycles. The van der Waals surface area contributed by atoms with Crippen molar-refractivity contribution in [3.8, 4) is 0 Å². The molecule has 0 fully saturated rings. The standard InChI is InChI=1S/C7H11ClN2O2S/c1-4(2-11)9-7-10-6(8)5(3-12)13-7/h4,11-12H,2-3H2,1H3,(H,9,10)/t4-/m0/s1. The van der Waals surface area contributed by atoms with Gasteiger partial charge in [-0.25, -0.2) is 4.98 Å². The monoisotopic (exact) mass is 222 g/mol. The van der Waals surface area contributed by atoms with E-state index in [2.05, 4.69) is 10.3 Å². The highest BCUT2D eigenvalue weighted by atomic mass is 35.5. The highest BCUT2D eigenvalue weighted by Gasteiger charge is 2.09. The Hall–Kier alpha value is -0.360. The third kappa shape index (κ3) is 2.80. The van der Waals surface area contributed by atoms with Crippen molar-refractivity contribution in [2.45, 2.75) is 19.6 Å². The highest BCUT2D eigenvalue weighted by molar-refractivity contribution is 7.16. The minimum Gasteiger partial charge on any atom is -0.394 e. The molecule has 1 rings (SSSR count). The summed E-state index contributed by atoms with van der Waals surface area (Å²) < 4.78 is 0. The topological polar surface area (TPSA) is 65.4 Å². The zero-order valence-corrected chi connectivity index (χ0v) is 8.69. The summed E-state index contributed by atoms with van der Waals surface area (Å²) >= 11 is 7.00. The highest BCUT2D eigenvalue weighted by Crippen LogP contribution is 2.26. The number of thiazole rings is 1. The van der Waals surface area contributed by atoms with E-state index in [-0.39, 0.29) is 19.3 Å². The van der Waals surface area contributed by atoms with Gasteiger partial charge in [-0.15, -0.1) is 0 Å². The van der Waals surface area contributed by atoms with Crippen molar-refractivity contribution in [2.75, 3.05) is 11.9 Å². The van der Waals surface area contributed by atoms with E-state index in [4.69, 9.17) is 21.8 Å². The Morgan fingerprint density at radius 1 is 1.62 bits per heavy atom. The van der Waals surface area contributed by atoms with Gasteiger partial charge in [0.25, 0.3) is 0 Å². The minimum atomic E-state index is -0.105. The Labute approximate surface area is 85.2 Å². The number of aliphatic hydroxyl groups is 2. The zero-order valence-electron chi connectivity index (χ0n) is 7.12. The molecule has 0 radical (unpaired) electrons. The third-order valence-corrected chi connectivity index (χ3v) is 2.83. The SMILES string of the molecule is C[C@@H](CO)Nc1nc(Cl)c(CO)s1. The van der Waals surface area contributed by atoms with Crippen molar-refractivity contribution in [1.29, 1.82) is 0 Å². The lowest BCUT2D eigenvalue weighted by atomic mass is 10.4. The number of hydrogen-bond acceptors (Lipinski definition) is 5. The smallest absolute Gasteiger partial charge is 0.184 e. The molecular weight excluding hydrogens is 212 g/mol. The van der Waals surface area contributed by atoms with Crippen LogP contribution in [0.25, 0.3) is 0 Å². The van der Waals surface area contributed by atoms with Crippen molar-refractivity contribution in [1.82, 2.24) is 4.98 Å². The van der Waals surface area contributed by atoms with Crippen LogP contribution in [-0.2, 0) is 6.61 Å². The fourth-order valence-corrected chi connectivity index (χ4v) is 1.88. The molecule has 1 atom stereocenters. The van der Waals surface area contributed by atoms with Crippen molar-refractivity contribution >= 4 is 28.1 Å². The van der Waals surface area contributed by atoms with Gasteiger partial charge in [0.05, 0.1) is 18.1 Å². The predicted molar refractivity (Wildman–Crippen MR) is 53.2 cm³/mol. The molecule has 4 nitrogen and oxygen atoms in total. The average molecular weight is 223 g/mol. The van der Waals surface area contributed by atoms with Crippen molar-refractivity contribution in [3.05, 3.63) is 10.0 Å². The molecule has 0 aliphatic rings. The Bertz CT molecular complexity index is 279. The summed E-state index contributed by atoms with van der Waals surface area (Å²) in [5, 5.41) is 21.5. The first-order valence-electron chi connectivity index (χ1n) is 3.80. The van der Waals surface area contributed by atoms with Crippen LogP contribution in [0.5, 0.6) is 0 Å². The summed E-state index contributed by atoms with van der Waals surface area (Å²) in [4.78, 5) is 4.60. The van der Waals surface area contributed by atoms with Crippen LogP contribution in [0.2, 0.25) is 5.15 Å². The quantitative estimate of drug-likeness (QED) is 0.714. The Balaban J connectivity index is 2.67. The van der Waals surface area contributed by atoms with Crippen LogP contribution in [0.4, 0.5) is 5.13 Å². The van der Waals surface area contributed by atoms with Gasteiger partial charge in [-0.05, 0) is 6.92 Å². The first-order chi connectivity index (χ1) is 6.17. The lowest BCUT2D eigenvalue weighted by molar-refractivity contribution is 0.281. The summed E-state index contributed by atoms with van der Waals surface area (Å²) in [7, 11) is 0. The molecule has 1 heterocycles. The number of anilines is 1. The molecule has 0 amide bonds. The summed E-state index contributed by atoms with van der Waals surface area (Å²) in [5.41, 5.74) is 0. The second kappa shape index (κ2) is 4.76. The van der Waals surface area contributed by atoms with E-state index in [0.717, 1.165) is 0 Å². The lowest BCUT2D eigenvalue weighted by Crippen LogP contribution is -2.18. The summed E-state index contributed by atoms with van der Waals surface area (Å²) in [6.07, 6.45) is 0. The van der Waals surface area contributed by atoms with Crippen LogP contribution in [-0.4, -0.2) is 27.8 Å². The maximum Gasteiger partial charge on any atom is 0.184 e. The Morgan fingerprint density at radius 2 is 2.31 bits per heavy atom. The van der Waals surface area contributed by atoms with Gasteiger partial charge in [-0.2, -0.15) is 0 Å². The molecule has 3 N–H and O–H groups in total.